The zero-order chi connectivity index (χ0) is 17.1. The summed E-state index contributed by atoms with van der Waals surface area (Å²) >= 11 is 0. The molecular formula is C19H18N4O2. The van der Waals surface area contributed by atoms with E-state index in [4.69, 9.17) is 14.7 Å². The highest BCUT2D eigenvalue weighted by atomic mass is 16.5. The predicted molar refractivity (Wildman–Crippen MR) is 95.6 cm³/mol. The molecule has 1 aromatic carbocycles. The lowest BCUT2D eigenvalue weighted by atomic mass is 10.1. The van der Waals surface area contributed by atoms with E-state index in [1.165, 1.54) is 0 Å². The number of benzene rings is 1. The molecule has 1 fully saturated rings. The van der Waals surface area contributed by atoms with Gasteiger partial charge < -0.3 is 14.4 Å². The molecule has 1 aliphatic rings. The molecular weight excluding hydrogens is 316 g/mol. The van der Waals surface area contributed by atoms with E-state index in [0.717, 1.165) is 47.4 Å². The van der Waals surface area contributed by atoms with E-state index in [0.29, 0.717) is 25.5 Å². The van der Waals surface area contributed by atoms with Crippen LogP contribution in [-0.2, 0) is 16.0 Å². The van der Waals surface area contributed by atoms with Gasteiger partial charge in [-0.3, -0.25) is 4.98 Å². The van der Waals surface area contributed by atoms with Crippen LogP contribution < -0.4 is 4.90 Å². The monoisotopic (exact) mass is 334 g/mol. The normalized spacial score (nSPS) is 14.6. The number of fused-ring (bicyclic) bond motifs is 1. The second kappa shape index (κ2) is 6.94. The molecule has 6 heteroatoms. The highest BCUT2D eigenvalue weighted by molar-refractivity contribution is 5.88. The van der Waals surface area contributed by atoms with Gasteiger partial charge in [0, 0.05) is 31.3 Å². The van der Waals surface area contributed by atoms with Crippen LogP contribution in [0.2, 0.25) is 0 Å². The molecule has 3 aromatic rings. The Labute approximate surface area is 145 Å². The van der Waals surface area contributed by atoms with Crippen LogP contribution in [0.15, 0.2) is 42.6 Å². The number of morpholine rings is 1. The summed E-state index contributed by atoms with van der Waals surface area (Å²) in [6, 6.07) is 11.8. The smallest absolute Gasteiger partial charge is 0.162 e. The lowest BCUT2D eigenvalue weighted by molar-refractivity contribution is -0.107. The number of hydrogen-bond donors (Lipinski definition) is 0. The highest BCUT2D eigenvalue weighted by Crippen LogP contribution is 2.27. The van der Waals surface area contributed by atoms with Crippen molar-refractivity contribution in [2.45, 2.75) is 6.42 Å². The van der Waals surface area contributed by atoms with Gasteiger partial charge >= 0.3 is 0 Å². The number of aldehydes is 1. The molecule has 1 saturated heterocycles. The van der Waals surface area contributed by atoms with E-state index in [1.54, 1.807) is 6.20 Å². The maximum atomic E-state index is 10.8. The molecule has 0 spiro atoms. The first-order chi connectivity index (χ1) is 12.3. The average molecular weight is 334 g/mol. The summed E-state index contributed by atoms with van der Waals surface area (Å²) in [5, 5.41) is 0. The first kappa shape index (κ1) is 15.7. The fourth-order valence-corrected chi connectivity index (χ4v) is 2.96. The number of aromatic nitrogens is 3. The largest absolute Gasteiger partial charge is 0.378 e. The summed E-state index contributed by atoms with van der Waals surface area (Å²) in [6.07, 6.45) is 2.94. The van der Waals surface area contributed by atoms with E-state index >= 15 is 0 Å². The number of nitrogens with zero attached hydrogens (tertiary/aromatic N) is 4. The van der Waals surface area contributed by atoms with Gasteiger partial charge in [-0.2, -0.15) is 0 Å². The summed E-state index contributed by atoms with van der Waals surface area (Å²) < 4.78 is 5.45. The minimum Gasteiger partial charge on any atom is -0.378 e. The number of rotatable bonds is 4. The standard InChI is InChI=1S/C19H18N4O2/c24-9-6-14-12-16-17(20-13-14)19(23-7-10-25-11-8-23)22-18(21-16)15-4-2-1-3-5-15/h1-5,9,12-13H,6-8,10-11H2. The zero-order valence-corrected chi connectivity index (χ0v) is 13.8. The Kier molecular flexibility index (Phi) is 4.35. The summed E-state index contributed by atoms with van der Waals surface area (Å²) in [5.74, 6) is 1.49. The molecule has 0 amide bonds. The van der Waals surface area contributed by atoms with Gasteiger partial charge in [0.25, 0.3) is 0 Å². The molecule has 2 aromatic heterocycles. The van der Waals surface area contributed by atoms with Crippen LogP contribution in [0.3, 0.4) is 0 Å². The Morgan fingerprint density at radius 3 is 2.68 bits per heavy atom. The molecule has 0 N–H and O–H groups in total. The van der Waals surface area contributed by atoms with E-state index in [9.17, 15) is 4.79 Å². The van der Waals surface area contributed by atoms with Crippen molar-refractivity contribution in [1.29, 1.82) is 0 Å². The quantitative estimate of drug-likeness (QED) is 0.682. The Morgan fingerprint density at radius 2 is 1.92 bits per heavy atom. The lowest BCUT2D eigenvalue weighted by Crippen LogP contribution is -2.37. The van der Waals surface area contributed by atoms with Gasteiger partial charge in [0.05, 0.1) is 18.7 Å². The van der Waals surface area contributed by atoms with Gasteiger partial charge in [-0.05, 0) is 11.6 Å². The molecule has 3 heterocycles. The molecule has 25 heavy (non-hydrogen) atoms. The predicted octanol–water partition coefficient (Wildman–Crippen LogP) is 2.27. The second-order valence-electron chi connectivity index (χ2n) is 5.92. The van der Waals surface area contributed by atoms with E-state index in [-0.39, 0.29) is 0 Å². The molecule has 4 rings (SSSR count). The number of pyridine rings is 1. The van der Waals surface area contributed by atoms with Gasteiger partial charge in [0.15, 0.2) is 11.6 Å². The third kappa shape index (κ3) is 3.21. The van der Waals surface area contributed by atoms with Crippen molar-refractivity contribution in [1.82, 2.24) is 15.0 Å². The zero-order valence-electron chi connectivity index (χ0n) is 13.8. The van der Waals surface area contributed by atoms with Crippen LogP contribution in [0.25, 0.3) is 22.4 Å². The Morgan fingerprint density at radius 1 is 1.12 bits per heavy atom. The topological polar surface area (TPSA) is 68.2 Å². The van der Waals surface area contributed by atoms with Gasteiger partial charge in [0.2, 0.25) is 0 Å². The maximum absolute atomic E-state index is 10.8. The first-order valence-corrected chi connectivity index (χ1v) is 8.33. The van der Waals surface area contributed by atoms with E-state index in [1.807, 2.05) is 36.4 Å². The van der Waals surface area contributed by atoms with Gasteiger partial charge in [-0.1, -0.05) is 30.3 Å². The molecule has 0 aliphatic carbocycles. The fourth-order valence-electron chi connectivity index (χ4n) is 2.96. The molecule has 0 atom stereocenters. The number of carbonyl (C=O) groups excluding carboxylic acids is 1. The number of ether oxygens (including phenoxy) is 1. The van der Waals surface area contributed by atoms with E-state index in [2.05, 4.69) is 9.88 Å². The van der Waals surface area contributed by atoms with Gasteiger partial charge in [0.1, 0.15) is 11.8 Å². The van der Waals surface area contributed by atoms with Crippen molar-refractivity contribution in [2.24, 2.45) is 0 Å². The van der Waals surface area contributed by atoms with Crippen LogP contribution >= 0.6 is 0 Å². The minimum atomic E-state index is 0.334. The average Bonchev–Trinajstić information content (AvgIpc) is 2.68. The van der Waals surface area contributed by atoms with Crippen LogP contribution in [-0.4, -0.2) is 47.5 Å². The molecule has 126 valence electrons. The van der Waals surface area contributed by atoms with Crippen molar-refractivity contribution in [3.05, 3.63) is 48.2 Å². The minimum absolute atomic E-state index is 0.334. The fraction of sp³-hybridized carbons (Fsp3) is 0.263. The third-order valence-electron chi connectivity index (χ3n) is 4.24. The molecule has 6 nitrogen and oxygen atoms in total. The summed E-state index contributed by atoms with van der Waals surface area (Å²) in [7, 11) is 0. The maximum Gasteiger partial charge on any atom is 0.162 e. The summed E-state index contributed by atoms with van der Waals surface area (Å²) in [6.45, 7) is 2.90. The highest BCUT2D eigenvalue weighted by Gasteiger charge is 2.19. The van der Waals surface area contributed by atoms with Crippen LogP contribution in [0.5, 0.6) is 0 Å². The molecule has 1 aliphatic heterocycles. The van der Waals surface area contributed by atoms with Crippen molar-refractivity contribution < 1.29 is 9.53 Å². The number of hydrogen-bond acceptors (Lipinski definition) is 6. The second-order valence-corrected chi connectivity index (χ2v) is 5.92. The molecule has 0 saturated carbocycles. The number of anilines is 1. The van der Waals surface area contributed by atoms with Crippen LogP contribution in [0.4, 0.5) is 5.82 Å². The van der Waals surface area contributed by atoms with Crippen LogP contribution in [0, 0.1) is 0 Å². The van der Waals surface area contributed by atoms with Crippen molar-refractivity contribution in [3.63, 3.8) is 0 Å². The van der Waals surface area contributed by atoms with Gasteiger partial charge in [-0.25, -0.2) is 9.97 Å². The lowest BCUT2D eigenvalue weighted by Gasteiger charge is -2.28. The summed E-state index contributed by atoms with van der Waals surface area (Å²) in [5.41, 5.74) is 3.33. The number of carbonyl (C=O) groups is 1. The van der Waals surface area contributed by atoms with Crippen molar-refractivity contribution >= 4 is 23.1 Å². The first-order valence-electron chi connectivity index (χ1n) is 8.33. The molecule has 0 bridgehead atoms. The third-order valence-corrected chi connectivity index (χ3v) is 4.24. The van der Waals surface area contributed by atoms with Crippen molar-refractivity contribution in [3.8, 4) is 11.4 Å². The van der Waals surface area contributed by atoms with E-state index < -0.39 is 0 Å². The molecule has 0 unspecified atom stereocenters. The molecule has 0 radical (unpaired) electrons. The van der Waals surface area contributed by atoms with Gasteiger partial charge in [-0.15, -0.1) is 0 Å². The van der Waals surface area contributed by atoms with Crippen molar-refractivity contribution in [2.75, 3.05) is 31.2 Å². The van der Waals surface area contributed by atoms with Crippen LogP contribution in [0.1, 0.15) is 5.56 Å². The Hall–Kier alpha value is -2.86. The Balaban J connectivity index is 1.89. The summed E-state index contributed by atoms with van der Waals surface area (Å²) in [4.78, 5) is 27.1. The Bertz CT molecular complexity index is 893. The SMILES string of the molecule is O=CCc1cnc2c(N3CCOCC3)nc(-c3ccccc3)nc2c1.